The topological polar surface area (TPSA) is 46.6 Å². The van der Waals surface area contributed by atoms with Crippen molar-refractivity contribution in [3.8, 4) is 0 Å². The van der Waals surface area contributed by atoms with Crippen LogP contribution in [-0.2, 0) is 14.8 Å². The molecule has 0 aliphatic carbocycles. The first-order chi connectivity index (χ1) is 7.64. The zero-order valence-corrected chi connectivity index (χ0v) is 10.8. The van der Waals surface area contributed by atoms with Crippen molar-refractivity contribution in [3.63, 3.8) is 0 Å². The Bertz CT molecular complexity index is 327. The van der Waals surface area contributed by atoms with E-state index in [4.69, 9.17) is 16.3 Å². The van der Waals surface area contributed by atoms with Gasteiger partial charge in [-0.2, -0.15) is 0 Å². The SMILES string of the molecule is O=S(=O)(C1CCOCC1)N1CCC(CCl)C1. The molecule has 0 saturated carbocycles. The van der Waals surface area contributed by atoms with Crippen LogP contribution >= 0.6 is 11.6 Å². The third-order valence-electron chi connectivity index (χ3n) is 3.42. The highest BCUT2D eigenvalue weighted by Crippen LogP contribution is 2.26. The van der Waals surface area contributed by atoms with Crippen molar-refractivity contribution >= 4 is 21.6 Å². The summed E-state index contributed by atoms with van der Waals surface area (Å²) < 4.78 is 31.4. The number of sulfonamides is 1. The van der Waals surface area contributed by atoms with Crippen LogP contribution in [0.5, 0.6) is 0 Å². The van der Waals surface area contributed by atoms with E-state index in [0.29, 0.717) is 50.9 Å². The second kappa shape index (κ2) is 5.21. The fourth-order valence-corrected chi connectivity index (χ4v) is 4.58. The Morgan fingerprint density at radius 3 is 2.50 bits per heavy atom. The van der Waals surface area contributed by atoms with Gasteiger partial charge in [-0.15, -0.1) is 11.6 Å². The third kappa shape index (κ3) is 2.53. The molecule has 0 radical (unpaired) electrons. The number of hydrogen-bond acceptors (Lipinski definition) is 3. The highest BCUT2D eigenvalue weighted by molar-refractivity contribution is 7.89. The van der Waals surface area contributed by atoms with E-state index < -0.39 is 10.0 Å². The molecular formula is C10H18ClNO3S. The van der Waals surface area contributed by atoms with Gasteiger partial charge in [0.2, 0.25) is 10.0 Å². The quantitative estimate of drug-likeness (QED) is 0.719. The van der Waals surface area contributed by atoms with E-state index in [-0.39, 0.29) is 5.25 Å². The number of hydrogen-bond donors (Lipinski definition) is 0. The average molecular weight is 268 g/mol. The minimum atomic E-state index is -3.11. The summed E-state index contributed by atoms with van der Waals surface area (Å²) in [4.78, 5) is 0. The monoisotopic (exact) mass is 267 g/mol. The maximum atomic E-state index is 12.3. The Morgan fingerprint density at radius 1 is 1.25 bits per heavy atom. The summed E-state index contributed by atoms with van der Waals surface area (Å²) in [6.07, 6.45) is 2.15. The molecule has 0 N–H and O–H groups in total. The lowest BCUT2D eigenvalue weighted by Crippen LogP contribution is -2.40. The predicted octanol–water partition coefficient (Wildman–Crippen LogP) is 1.06. The first kappa shape index (κ1) is 12.6. The molecule has 94 valence electrons. The highest BCUT2D eigenvalue weighted by Gasteiger charge is 2.37. The van der Waals surface area contributed by atoms with E-state index in [1.54, 1.807) is 4.31 Å². The van der Waals surface area contributed by atoms with Crippen molar-refractivity contribution in [1.82, 2.24) is 4.31 Å². The molecule has 4 nitrogen and oxygen atoms in total. The second-order valence-corrected chi connectivity index (χ2v) is 7.05. The smallest absolute Gasteiger partial charge is 0.217 e. The van der Waals surface area contributed by atoms with Crippen molar-refractivity contribution < 1.29 is 13.2 Å². The Kier molecular flexibility index (Phi) is 4.11. The molecule has 2 heterocycles. The largest absolute Gasteiger partial charge is 0.381 e. The number of halogens is 1. The van der Waals surface area contributed by atoms with Crippen LogP contribution in [0.15, 0.2) is 0 Å². The van der Waals surface area contributed by atoms with Gasteiger partial charge in [0.25, 0.3) is 0 Å². The van der Waals surface area contributed by atoms with Gasteiger partial charge in [-0.05, 0) is 25.2 Å². The van der Waals surface area contributed by atoms with Gasteiger partial charge in [0, 0.05) is 32.2 Å². The molecule has 16 heavy (non-hydrogen) atoms. The Labute approximate surface area is 102 Å². The normalized spacial score (nSPS) is 29.7. The molecule has 2 rings (SSSR count). The van der Waals surface area contributed by atoms with Crippen LogP contribution in [0.4, 0.5) is 0 Å². The molecular weight excluding hydrogens is 250 g/mol. The van der Waals surface area contributed by atoms with E-state index in [2.05, 4.69) is 0 Å². The number of ether oxygens (including phenoxy) is 1. The molecule has 0 aromatic rings. The van der Waals surface area contributed by atoms with Gasteiger partial charge >= 0.3 is 0 Å². The van der Waals surface area contributed by atoms with Gasteiger partial charge in [0.15, 0.2) is 0 Å². The van der Waals surface area contributed by atoms with Gasteiger partial charge in [-0.3, -0.25) is 0 Å². The zero-order chi connectivity index (χ0) is 11.6. The van der Waals surface area contributed by atoms with E-state index in [0.717, 1.165) is 6.42 Å². The molecule has 2 aliphatic rings. The molecule has 2 fully saturated rings. The minimum absolute atomic E-state index is 0.240. The van der Waals surface area contributed by atoms with Crippen LogP contribution in [0.2, 0.25) is 0 Å². The summed E-state index contributed by atoms with van der Waals surface area (Å²) in [5.41, 5.74) is 0. The minimum Gasteiger partial charge on any atom is -0.381 e. The Hall–Kier alpha value is 0.160. The van der Waals surface area contributed by atoms with Crippen LogP contribution in [0, 0.1) is 5.92 Å². The van der Waals surface area contributed by atoms with Gasteiger partial charge < -0.3 is 4.74 Å². The molecule has 0 spiro atoms. The molecule has 1 unspecified atom stereocenters. The Balaban J connectivity index is 2.01. The van der Waals surface area contributed by atoms with Crippen molar-refractivity contribution in [2.24, 2.45) is 5.92 Å². The summed E-state index contributed by atoms with van der Waals surface area (Å²) in [6, 6.07) is 0. The summed E-state index contributed by atoms with van der Waals surface area (Å²) >= 11 is 5.77. The van der Waals surface area contributed by atoms with E-state index in [9.17, 15) is 8.42 Å². The summed E-state index contributed by atoms with van der Waals surface area (Å²) in [5, 5.41) is -0.240. The lowest BCUT2D eigenvalue weighted by Gasteiger charge is -2.27. The molecule has 2 saturated heterocycles. The van der Waals surface area contributed by atoms with Crippen molar-refractivity contribution in [2.45, 2.75) is 24.5 Å². The van der Waals surface area contributed by atoms with Gasteiger partial charge in [-0.25, -0.2) is 12.7 Å². The fraction of sp³-hybridized carbons (Fsp3) is 1.00. The van der Waals surface area contributed by atoms with Crippen molar-refractivity contribution in [2.75, 3.05) is 32.2 Å². The van der Waals surface area contributed by atoms with Gasteiger partial charge in [-0.1, -0.05) is 0 Å². The molecule has 6 heteroatoms. The summed E-state index contributed by atoms with van der Waals surface area (Å²) in [6.45, 7) is 2.37. The maximum absolute atomic E-state index is 12.3. The molecule has 0 bridgehead atoms. The van der Waals surface area contributed by atoms with Crippen molar-refractivity contribution in [1.29, 1.82) is 0 Å². The maximum Gasteiger partial charge on any atom is 0.217 e. The van der Waals surface area contributed by atoms with Crippen LogP contribution in [0.25, 0.3) is 0 Å². The van der Waals surface area contributed by atoms with Crippen molar-refractivity contribution in [3.05, 3.63) is 0 Å². The van der Waals surface area contributed by atoms with E-state index in [1.165, 1.54) is 0 Å². The number of rotatable bonds is 3. The van der Waals surface area contributed by atoms with Crippen LogP contribution in [-0.4, -0.2) is 50.2 Å². The van der Waals surface area contributed by atoms with E-state index >= 15 is 0 Å². The highest BCUT2D eigenvalue weighted by atomic mass is 35.5. The third-order valence-corrected chi connectivity index (χ3v) is 6.22. The fourth-order valence-electron chi connectivity index (χ4n) is 2.34. The second-order valence-electron chi connectivity index (χ2n) is 4.52. The summed E-state index contributed by atoms with van der Waals surface area (Å²) in [5.74, 6) is 0.885. The number of alkyl halides is 1. The molecule has 0 aromatic carbocycles. The van der Waals surface area contributed by atoms with Crippen LogP contribution in [0.3, 0.4) is 0 Å². The predicted molar refractivity (Wildman–Crippen MR) is 63.2 cm³/mol. The van der Waals surface area contributed by atoms with Gasteiger partial charge in [0.1, 0.15) is 0 Å². The molecule has 0 aromatic heterocycles. The average Bonchev–Trinajstić information content (AvgIpc) is 2.79. The molecule has 1 atom stereocenters. The van der Waals surface area contributed by atoms with Gasteiger partial charge in [0.05, 0.1) is 5.25 Å². The Morgan fingerprint density at radius 2 is 1.94 bits per heavy atom. The van der Waals surface area contributed by atoms with Crippen LogP contribution in [0.1, 0.15) is 19.3 Å². The van der Waals surface area contributed by atoms with Crippen LogP contribution < -0.4 is 0 Å². The summed E-state index contributed by atoms with van der Waals surface area (Å²) in [7, 11) is -3.11. The zero-order valence-electron chi connectivity index (χ0n) is 9.27. The first-order valence-electron chi connectivity index (χ1n) is 5.77. The van der Waals surface area contributed by atoms with E-state index in [1.807, 2.05) is 0 Å². The first-order valence-corrected chi connectivity index (χ1v) is 7.81. The lowest BCUT2D eigenvalue weighted by molar-refractivity contribution is 0.0973. The standard InChI is InChI=1S/C10H18ClNO3S/c11-7-9-1-4-12(8-9)16(13,14)10-2-5-15-6-3-10/h9-10H,1-8H2. The molecule has 0 amide bonds. The number of nitrogens with zero attached hydrogens (tertiary/aromatic N) is 1. The molecule has 2 aliphatic heterocycles. The lowest BCUT2D eigenvalue weighted by atomic mass is 10.2.